The molecule has 0 saturated heterocycles. The van der Waals surface area contributed by atoms with E-state index in [1.807, 2.05) is 30.3 Å². The van der Waals surface area contributed by atoms with Gasteiger partial charge in [0, 0.05) is 23.7 Å². The molecule has 4 nitrogen and oxygen atoms in total. The average molecular weight is 329 g/mol. The number of halogens is 2. The summed E-state index contributed by atoms with van der Waals surface area (Å²) in [5.41, 5.74) is 1.94. The van der Waals surface area contributed by atoms with Crippen molar-refractivity contribution in [3.8, 4) is 11.3 Å². The first-order valence-corrected chi connectivity index (χ1v) is 7.38. The van der Waals surface area contributed by atoms with Gasteiger partial charge in [-0.15, -0.1) is 0 Å². The molecule has 0 radical (unpaired) electrons. The summed E-state index contributed by atoms with van der Waals surface area (Å²) < 4.78 is 13.9. The average Bonchev–Trinajstić information content (AvgIpc) is 2.58. The Hall–Kier alpha value is -2.66. The van der Waals surface area contributed by atoms with E-state index >= 15 is 0 Å². The minimum absolute atomic E-state index is 0.261. The predicted molar refractivity (Wildman–Crippen MR) is 91.7 cm³/mol. The van der Waals surface area contributed by atoms with Crippen molar-refractivity contribution in [1.29, 1.82) is 0 Å². The summed E-state index contributed by atoms with van der Waals surface area (Å²) in [6.07, 6.45) is 0. The molecule has 116 valence electrons. The molecule has 0 aliphatic rings. The number of hydrogen-bond acceptors (Lipinski definition) is 4. The van der Waals surface area contributed by atoms with E-state index in [-0.39, 0.29) is 5.69 Å². The summed E-state index contributed by atoms with van der Waals surface area (Å²) >= 11 is 5.92. The topological polar surface area (TPSA) is 49.8 Å². The predicted octanol–water partition coefficient (Wildman–Crippen LogP) is 4.72. The Balaban J connectivity index is 2.00. The van der Waals surface area contributed by atoms with Gasteiger partial charge in [-0.3, -0.25) is 0 Å². The lowest BCUT2D eigenvalue weighted by molar-refractivity contribution is 0.632. The maximum atomic E-state index is 13.9. The molecule has 2 aromatic carbocycles. The zero-order valence-electron chi connectivity index (χ0n) is 12.3. The molecule has 23 heavy (non-hydrogen) atoms. The molecular weight excluding hydrogens is 315 g/mol. The second-order valence-corrected chi connectivity index (χ2v) is 5.26. The summed E-state index contributed by atoms with van der Waals surface area (Å²) in [6.45, 7) is 0. The van der Waals surface area contributed by atoms with Gasteiger partial charge in [-0.1, -0.05) is 41.9 Å². The fraction of sp³-hybridized carbons (Fsp3) is 0.0588. The highest BCUT2D eigenvalue weighted by Gasteiger charge is 2.09. The van der Waals surface area contributed by atoms with E-state index in [4.69, 9.17) is 11.6 Å². The number of nitrogens with one attached hydrogen (secondary N) is 2. The van der Waals surface area contributed by atoms with E-state index in [9.17, 15) is 4.39 Å². The van der Waals surface area contributed by atoms with Gasteiger partial charge in [-0.2, -0.15) is 4.98 Å². The number of aromatic nitrogens is 2. The molecule has 0 amide bonds. The van der Waals surface area contributed by atoms with Crippen LogP contribution in [-0.4, -0.2) is 17.0 Å². The summed E-state index contributed by atoms with van der Waals surface area (Å²) in [5.74, 6) is 0.515. The third kappa shape index (κ3) is 3.57. The number of anilines is 3. The van der Waals surface area contributed by atoms with Crippen LogP contribution in [0.15, 0.2) is 54.6 Å². The van der Waals surface area contributed by atoms with Crippen molar-refractivity contribution in [2.45, 2.75) is 0 Å². The van der Waals surface area contributed by atoms with Crippen LogP contribution in [0.4, 0.5) is 21.8 Å². The van der Waals surface area contributed by atoms with Crippen molar-refractivity contribution in [1.82, 2.24) is 9.97 Å². The van der Waals surface area contributed by atoms with Crippen molar-refractivity contribution in [2.75, 3.05) is 17.7 Å². The lowest BCUT2D eigenvalue weighted by Crippen LogP contribution is -2.03. The minimum atomic E-state index is -0.403. The van der Waals surface area contributed by atoms with Gasteiger partial charge in [0.15, 0.2) is 0 Å². The fourth-order valence-corrected chi connectivity index (χ4v) is 2.28. The largest absolute Gasteiger partial charge is 0.357 e. The van der Waals surface area contributed by atoms with E-state index in [1.54, 1.807) is 13.1 Å². The summed E-state index contributed by atoms with van der Waals surface area (Å²) in [4.78, 5) is 8.72. The molecule has 0 bridgehead atoms. The molecular formula is C17H14ClFN4. The molecule has 0 saturated carbocycles. The molecule has 0 unspecified atom stereocenters. The normalized spacial score (nSPS) is 10.4. The molecule has 0 aliphatic carbocycles. The summed E-state index contributed by atoms with van der Waals surface area (Å²) in [6, 6.07) is 15.8. The Morgan fingerprint density at radius 2 is 1.78 bits per heavy atom. The Morgan fingerprint density at radius 1 is 1.00 bits per heavy atom. The molecule has 1 heterocycles. The molecule has 6 heteroatoms. The Labute approximate surface area is 138 Å². The zero-order chi connectivity index (χ0) is 16.2. The first-order chi connectivity index (χ1) is 11.2. The third-order valence-electron chi connectivity index (χ3n) is 3.21. The van der Waals surface area contributed by atoms with Gasteiger partial charge in [-0.05, 0) is 18.2 Å². The van der Waals surface area contributed by atoms with Gasteiger partial charge in [0.1, 0.15) is 11.6 Å². The lowest BCUT2D eigenvalue weighted by atomic mass is 10.1. The number of nitrogens with zero attached hydrogens (tertiary/aromatic N) is 2. The van der Waals surface area contributed by atoms with Crippen molar-refractivity contribution in [3.63, 3.8) is 0 Å². The Bertz CT molecular complexity index is 824. The van der Waals surface area contributed by atoms with Gasteiger partial charge in [0.25, 0.3) is 0 Å². The summed E-state index contributed by atoms with van der Waals surface area (Å²) in [5, 5.41) is 6.30. The van der Waals surface area contributed by atoms with Gasteiger partial charge in [0.2, 0.25) is 5.95 Å². The van der Waals surface area contributed by atoms with Crippen LogP contribution in [0.2, 0.25) is 5.02 Å². The second-order valence-electron chi connectivity index (χ2n) is 4.83. The quantitative estimate of drug-likeness (QED) is 0.727. The van der Waals surface area contributed by atoms with Crippen molar-refractivity contribution in [2.24, 2.45) is 0 Å². The van der Waals surface area contributed by atoms with Crippen LogP contribution in [0.1, 0.15) is 0 Å². The molecule has 1 aromatic heterocycles. The first kappa shape index (κ1) is 15.2. The van der Waals surface area contributed by atoms with Gasteiger partial charge in [0.05, 0.1) is 11.4 Å². The summed E-state index contributed by atoms with van der Waals surface area (Å²) in [7, 11) is 1.73. The van der Waals surface area contributed by atoms with E-state index in [0.717, 1.165) is 11.3 Å². The van der Waals surface area contributed by atoms with Crippen molar-refractivity contribution >= 4 is 29.1 Å². The number of hydrogen-bond donors (Lipinski definition) is 2. The first-order valence-electron chi connectivity index (χ1n) is 7.00. The molecule has 2 N–H and O–H groups in total. The van der Waals surface area contributed by atoms with Gasteiger partial charge >= 0.3 is 0 Å². The van der Waals surface area contributed by atoms with Gasteiger partial charge in [-0.25, -0.2) is 9.37 Å². The van der Waals surface area contributed by atoms with Crippen LogP contribution >= 0.6 is 11.6 Å². The Morgan fingerprint density at radius 3 is 2.52 bits per heavy atom. The monoisotopic (exact) mass is 328 g/mol. The zero-order valence-corrected chi connectivity index (χ0v) is 13.1. The maximum Gasteiger partial charge on any atom is 0.224 e. The molecule has 0 aliphatic heterocycles. The molecule has 0 spiro atoms. The van der Waals surface area contributed by atoms with Crippen LogP contribution in [0, 0.1) is 5.82 Å². The SMILES string of the molecule is CNc1nc(Nc2cc(Cl)ccc2F)cc(-c2ccccc2)n1. The van der Waals surface area contributed by atoms with Crippen LogP contribution in [0.3, 0.4) is 0 Å². The van der Waals surface area contributed by atoms with E-state index in [1.165, 1.54) is 18.2 Å². The highest BCUT2D eigenvalue weighted by molar-refractivity contribution is 6.30. The smallest absolute Gasteiger partial charge is 0.224 e. The van der Waals surface area contributed by atoms with Crippen molar-refractivity contribution in [3.05, 3.63) is 65.4 Å². The highest BCUT2D eigenvalue weighted by Crippen LogP contribution is 2.26. The van der Waals surface area contributed by atoms with Crippen LogP contribution in [0.25, 0.3) is 11.3 Å². The van der Waals surface area contributed by atoms with E-state index in [0.29, 0.717) is 16.8 Å². The second kappa shape index (κ2) is 6.62. The molecule has 0 atom stereocenters. The number of benzene rings is 2. The molecule has 3 rings (SSSR count). The molecule has 0 fully saturated rings. The molecule has 3 aromatic rings. The Kier molecular flexibility index (Phi) is 4.39. The van der Waals surface area contributed by atoms with Crippen LogP contribution in [-0.2, 0) is 0 Å². The maximum absolute atomic E-state index is 13.9. The third-order valence-corrected chi connectivity index (χ3v) is 3.45. The lowest BCUT2D eigenvalue weighted by Gasteiger charge is -2.11. The van der Waals surface area contributed by atoms with Gasteiger partial charge < -0.3 is 10.6 Å². The number of rotatable bonds is 4. The van der Waals surface area contributed by atoms with E-state index < -0.39 is 5.82 Å². The van der Waals surface area contributed by atoms with Crippen LogP contribution < -0.4 is 10.6 Å². The standard InChI is InChI=1S/C17H14ClFN4/c1-20-17-22-14(11-5-3-2-4-6-11)10-16(23-17)21-15-9-12(18)7-8-13(15)19/h2-10H,1H3,(H2,20,21,22,23). The van der Waals surface area contributed by atoms with Crippen LogP contribution in [0.5, 0.6) is 0 Å². The minimum Gasteiger partial charge on any atom is -0.357 e. The van der Waals surface area contributed by atoms with E-state index in [2.05, 4.69) is 20.6 Å². The highest BCUT2D eigenvalue weighted by atomic mass is 35.5. The fourth-order valence-electron chi connectivity index (χ4n) is 2.11. The van der Waals surface area contributed by atoms with Crippen molar-refractivity contribution < 1.29 is 4.39 Å².